The van der Waals surface area contributed by atoms with Crippen molar-refractivity contribution in [1.82, 2.24) is 15.1 Å². The molecule has 0 amide bonds. The largest absolute Gasteiger partial charge is 0.468 e. The van der Waals surface area contributed by atoms with Crippen molar-refractivity contribution in [1.29, 1.82) is 0 Å². The lowest BCUT2D eigenvalue weighted by Crippen LogP contribution is -2.16. The highest BCUT2D eigenvalue weighted by Gasteiger charge is 2.21. The van der Waals surface area contributed by atoms with E-state index in [4.69, 9.17) is 4.42 Å². The van der Waals surface area contributed by atoms with Crippen LogP contribution in [0.25, 0.3) is 0 Å². The van der Waals surface area contributed by atoms with E-state index in [1.54, 1.807) is 6.26 Å². The predicted octanol–water partition coefficient (Wildman–Crippen LogP) is 2.39. The van der Waals surface area contributed by atoms with Gasteiger partial charge in [-0.3, -0.25) is 4.68 Å². The Balaban J connectivity index is 1.71. The maximum absolute atomic E-state index is 5.56. The first-order valence-corrected chi connectivity index (χ1v) is 6.52. The lowest BCUT2D eigenvalue weighted by molar-refractivity contribution is 0.473. The van der Waals surface area contributed by atoms with Crippen molar-refractivity contribution in [2.45, 2.75) is 45.8 Å². The van der Waals surface area contributed by atoms with E-state index < -0.39 is 0 Å². The number of nitrogens with one attached hydrogen (secondary N) is 1. The molecule has 0 saturated heterocycles. The van der Waals surface area contributed by atoms with Gasteiger partial charge in [-0.05, 0) is 38.8 Å². The van der Waals surface area contributed by atoms with Gasteiger partial charge in [0.15, 0.2) is 0 Å². The van der Waals surface area contributed by atoms with Crippen LogP contribution in [0.5, 0.6) is 0 Å². The summed E-state index contributed by atoms with van der Waals surface area (Å²) in [4.78, 5) is 0. The second-order valence-electron chi connectivity index (χ2n) is 5.11. The molecule has 2 aromatic heterocycles. The van der Waals surface area contributed by atoms with E-state index in [-0.39, 0.29) is 0 Å². The standard InChI is InChI=1S/C14H19N3O/c1-10-7-11(2)17(16-10)9-12-5-6-18-14(12)8-15-13-3-4-13/h5-7,13,15H,3-4,8-9H2,1-2H3. The monoisotopic (exact) mass is 245 g/mol. The van der Waals surface area contributed by atoms with Gasteiger partial charge in [0, 0.05) is 17.3 Å². The Hall–Kier alpha value is -1.55. The highest BCUT2D eigenvalue weighted by Crippen LogP contribution is 2.20. The Labute approximate surface area is 107 Å². The van der Waals surface area contributed by atoms with E-state index in [0.29, 0.717) is 6.04 Å². The molecule has 1 aliphatic rings. The van der Waals surface area contributed by atoms with Crippen LogP contribution < -0.4 is 5.32 Å². The zero-order valence-electron chi connectivity index (χ0n) is 10.9. The van der Waals surface area contributed by atoms with Crippen LogP contribution in [0.1, 0.15) is 35.6 Å². The fourth-order valence-corrected chi connectivity index (χ4v) is 2.18. The van der Waals surface area contributed by atoms with E-state index >= 15 is 0 Å². The molecule has 0 spiro atoms. The second kappa shape index (κ2) is 4.61. The predicted molar refractivity (Wildman–Crippen MR) is 69.4 cm³/mol. The first kappa shape index (κ1) is 11.5. The molecular formula is C14H19N3O. The van der Waals surface area contributed by atoms with E-state index in [9.17, 15) is 0 Å². The molecule has 0 unspecified atom stereocenters. The van der Waals surface area contributed by atoms with Gasteiger partial charge in [-0.25, -0.2) is 0 Å². The van der Waals surface area contributed by atoms with Crippen LogP contribution in [0, 0.1) is 13.8 Å². The maximum Gasteiger partial charge on any atom is 0.122 e. The van der Waals surface area contributed by atoms with Crippen LogP contribution in [-0.4, -0.2) is 15.8 Å². The molecule has 18 heavy (non-hydrogen) atoms. The van der Waals surface area contributed by atoms with Crippen molar-refractivity contribution in [3.05, 3.63) is 41.1 Å². The summed E-state index contributed by atoms with van der Waals surface area (Å²) in [6, 6.07) is 4.85. The summed E-state index contributed by atoms with van der Waals surface area (Å²) in [5.74, 6) is 1.04. The molecule has 1 saturated carbocycles. The topological polar surface area (TPSA) is 43.0 Å². The number of hydrogen-bond donors (Lipinski definition) is 1. The summed E-state index contributed by atoms with van der Waals surface area (Å²) in [6.07, 6.45) is 4.37. The summed E-state index contributed by atoms with van der Waals surface area (Å²) >= 11 is 0. The lowest BCUT2D eigenvalue weighted by atomic mass is 10.2. The third-order valence-electron chi connectivity index (χ3n) is 3.39. The van der Waals surface area contributed by atoms with Crippen molar-refractivity contribution in [2.75, 3.05) is 0 Å². The average molecular weight is 245 g/mol. The summed E-state index contributed by atoms with van der Waals surface area (Å²) < 4.78 is 7.59. The summed E-state index contributed by atoms with van der Waals surface area (Å²) in [5, 5.41) is 7.97. The zero-order valence-corrected chi connectivity index (χ0v) is 10.9. The molecule has 0 bridgehead atoms. The smallest absolute Gasteiger partial charge is 0.122 e. The molecule has 1 fully saturated rings. The number of aryl methyl sites for hydroxylation is 2. The van der Waals surface area contributed by atoms with Crippen LogP contribution in [0.15, 0.2) is 22.8 Å². The Kier molecular flexibility index (Phi) is 2.96. The van der Waals surface area contributed by atoms with Gasteiger partial charge in [-0.15, -0.1) is 0 Å². The fourth-order valence-electron chi connectivity index (χ4n) is 2.18. The van der Waals surface area contributed by atoms with E-state index in [0.717, 1.165) is 24.5 Å². The number of aromatic nitrogens is 2. The van der Waals surface area contributed by atoms with Crippen molar-refractivity contribution in [2.24, 2.45) is 0 Å². The minimum absolute atomic E-state index is 0.705. The first-order valence-electron chi connectivity index (χ1n) is 6.52. The van der Waals surface area contributed by atoms with Gasteiger partial charge in [-0.1, -0.05) is 0 Å². The van der Waals surface area contributed by atoms with Gasteiger partial charge in [0.25, 0.3) is 0 Å². The quantitative estimate of drug-likeness (QED) is 0.879. The van der Waals surface area contributed by atoms with Gasteiger partial charge in [0.2, 0.25) is 0 Å². The molecule has 0 atom stereocenters. The van der Waals surface area contributed by atoms with Crippen LogP contribution in [0.3, 0.4) is 0 Å². The maximum atomic E-state index is 5.56. The van der Waals surface area contributed by atoms with Crippen molar-refractivity contribution >= 4 is 0 Å². The van der Waals surface area contributed by atoms with Crippen molar-refractivity contribution in [3.8, 4) is 0 Å². The molecule has 1 N–H and O–H groups in total. The first-order chi connectivity index (χ1) is 8.72. The van der Waals surface area contributed by atoms with E-state index in [2.05, 4.69) is 23.4 Å². The average Bonchev–Trinajstić information content (AvgIpc) is 2.97. The van der Waals surface area contributed by atoms with Crippen LogP contribution in [-0.2, 0) is 13.1 Å². The molecular weight excluding hydrogens is 226 g/mol. The fraction of sp³-hybridized carbons (Fsp3) is 0.500. The minimum atomic E-state index is 0.705. The number of hydrogen-bond acceptors (Lipinski definition) is 3. The highest BCUT2D eigenvalue weighted by atomic mass is 16.3. The third-order valence-corrected chi connectivity index (χ3v) is 3.39. The molecule has 3 rings (SSSR count). The Bertz CT molecular complexity index is 537. The van der Waals surface area contributed by atoms with Crippen LogP contribution >= 0.6 is 0 Å². The summed E-state index contributed by atoms with van der Waals surface area (Å²) in [5.41, 5.74) is 3.47. The SMILES string of the molecule is Cc1cc(C)n(Cc2ccoc2CNC2CC2)n1. The van der Waals surface area contributed by atoms with Crippen LogP contribution in [0.4, 0.5) is 0 Å². The zero-order chi connectivity index (χ0) is 12.5. The van der Waals surface area contributed by atoms with Gasteiger partial charge in [0.05, 0.1) is 25.0 Å². The summed E-state index contributed by atoms with van der Waals surface area (Å²) in [7, 11) is 0. The van der Waals surface area contributed by atoms with E-state index in [1.807, 2.05) is 17.7 Å². The van der Waals surface area contributed by atoms with Crippen LogP contribution in [0.2, 0.25) is 0 Å². The van der Waals surface area contributed by atoms with Crippen molar-refractivity contribution < 1.29 is 4.42 Å². The molecule has 2 heterocycles. The molecule has 0 radical (unpaired) electrons. The Morgan fingerprint density at radius 2 is 2.28 bits per heavy atom. The minimum Gasteiger partial charge on any atom is -0.468 e. The van der Waals surface area contributed by atoms with Gasteiger partial charge in [-0.2, -0.15) is 5.10 Å². The normalized spacial score (nSPS) is 15.2. The number of nitrogens with zero attached hydrogens (tertiary/aromatic N) is 2. The summed E-state index contributed by atoms with van der Waals surface area (Å²) in [6.45, 7) is 5.72. The Morgan fingerprint density at radius 3 is 2.94 bits per heavy atom. The van der Waals surface area contributed by atoms with Crippen molar-refractivity contribution in [3.63, 3.8) is 0 Å². The molecule has 0 aromatic carbocycles. The second-order valence-corrected chi connectivity index (χ2v) is 5.11. The van der Waals surface area contributed by atoms with Gasteiger partial charge >= 0.3 is 0 Å². The van der Waals surface area contributed by atoms with E-state index in [1.165, 1.54) is 24.1 Å². The molecule has 96 valence electrons. The third kappa shape index (κ3) is 2.48. The number of rotatable bonds is 5. The molecule has 4 nitrogen and oxygen atoms in total. The molecule has 2 aromatic rings. The Morgan fingerprint density at radius 1 is 1.44 bits per heavy atom. The van der Waals surface area contributed by atoms with Gasteiger partial charge in [0.1, 0.15) is 5.76 Å². The molecule has 0 aliphatic heterocycles. The van der Waals surface area contributed by atoms with Gasteiger partial charge < -0.3 is 9.73 Å². The number of furan rings is 1. The molecule has 1 aliphatic carbocycles. The highest BCUT2D eigenvalue weighted by molar-refractivity contribution is 5.19. The molecule has 4 heteroatoms. The lowest BCUT2D eigenvalue weighted by Gasteiger charge is -2.06.